The topological polar surface area (TPSA) is 67.2 Å². The second kappa shape index (κ2) is 8.86. The Morgan fingerprint density at radius 1 is 1.10 bits per heavy atom. The van der Waals surface area contributed by atoms with Gasteiger partial charge in [-0.15, -0.1) is 0 Å². The molecule has 0 saturated carbocycles. The van der Waals surface area contributed by atoms with Gasteiger partial charge in [-0.05, 0) is 62.9 Å². The van der Waals surface area contributed by atoms with Crippen LogP contribution in [0.15, 0.2) is 41.2 Å². The van der Waals surface area contributed by atoms with E-state index in [1.807, 2.05) is 0 Å². The van der Waals surface area contributed by atoms with Gasteiger partial charge >= 0.3 is 0 Å². The number of fused-ring (bicyclic) bond motifs is 1. The highest BCUT2D eigenvalue weighted by molar-refractivity contribution is 5.75. The molecule has 6 nitrogen and oxygen atoms in total. The molecule has 2 aliphatic rings. The van der Waals surface area contributed by atoms with Crippen molar-refractivity contribution in [1.29, 1.82) is 0 Å². The van der Waals surface area contributed by atoms with E-state index >= 15 is 0 Å². The standard InChI is InChI=1S/C22H27FN4O2/c23-18-8-2-1-7-17(18)19-10-11-22(29)27(25-19)15-21(28)24-14-16-6-5-13-26-12-4-3-9-20(16)26/h1-2,7-8,10-11,16,20H,3-6,9,12-15H2,(H,24,28)/t16-,20+/m0/s1. The fourth-order valence-corrected chi connectivity index (χ4v) is 4.63. The lowest BCUT2D eigenvalue weighted by Crippen LogP contribution is -2.51. The lowest BCUT2D eigenvalue weighted by molar-refractivity contribution is -0.122. The van der Waals surface area contributed by atoms with Crippen LogP contribution in [0.4, 0.5) is 4.39 Å². The predicted octanol–water partition coefficient (Wildman–Crippen LogP) is 2.43. The van der Waals surface area contributed by atoms with E-state index in [-0.39, 0.29) is 18.0 Å². The molecule has 2 atom stereocenters. The maximum absolute atomic E-state index is 14.0. The largest absolute Gasteiger partial charge is 0.354 e. The number of rotatable bonds is 5. The van der Waals surface area contributed by atoms with E-state index < -0.39 is 5.82 Å². The molecule has 0 unspecified atom stereocenters. The molecule has 0 spiro atoms. The molecule has 4 rings (SSSR count). The average molecular weight is 398 g/mol. The van der Waals surface area contributed by atoms with Crippen LogP contribution < -0.4 is 10.9 Å². The highest BCUT2D eigenvalue weighted by Crippen LogP contribution is 2.30. The number of hydrogen-bond acceptors (Lipinski definition) is 4. The Hall–Kier alpha value is -2.54. The molecule has 0 bridgehead atoms. The molecule has 0 radical (unpaired) electrons. The molecule has 1 amide bonds. The van der Waals surface area contributed by atoms with Crippen LogP contribution in [0.25, 0.3) is 11.3 Å². The lowest BCUT2D eigenvalue weighted by Gasteiger charge is -2.44. The summed E-state index contributed by atoms with van der Waals surface area (Å²) in [5.74, 6) is -0.190. The molecule has 1 aromatic heterocycles. The molecule has 2 aromatic rings. The molecular weight excluding hydrogens is 371 g/mol. The Morgan fingerprint density at radius 3 is 2.79 bits per heavy atom. The van der Waals surface area contributed by atoms with E-state index in [4.69, 9.17) is 0 Å². The molecule has 1 N–H and O–H groups in total. The van der Waals surface area contributed by atoms with Crippen molar-refractivity contribution >= 4 is 5.91 Å². The highest BCUT2D eigenvalue weighted by Gasteiger charge is 2.32. The average Bonchev–Trinajstić information content (AvgIpc) is 2.74. The van der Waals surface area contributed by atoms with Gasteiger partial charge in [0.15, 0.2) is 0 Å². The van der Waals surface area contributed by atoms with Crippen molar-refractivity contribution in [3.63, 3.8) is 0 Å². The van der Waals surface area contributed by atoms with E-state index in [0.29, 0.717) is 29.8 Å². The number of halogens is 1. The zero-order chi connectivity index (χ0) is 20.2. The van der Waals surface area contributed by atoms with Crippen molar-refractivity contribution in [2.45, 2.75) is 44.7 Å². The number of carbonyl (C=O) groups is 1. The monoisotopic (exact) mass is 398 g/mol. The van der Waals surface area contributed by atoms with Gasteiger partial charge < -0.3 is 10.2 Å². The molecule has 154 valence electrons. The van der Waals surface area contributed by atoms with Crippen molar-refractivity contribution in [2.24, 2.45) is 5.92 Å². The number of nitrogens with zero attached hydrogens (tertiary/aromatic N) is 3. The maximum Gasteiger partial charge on any atom is 0.267 e. The van der Waals surface area contributed by atoms with Gasteiger partial charge in [-0.1, -0.05) is 18.6 Å². The van der Waals surface area contributed by atoms with Gasteiger partial charge in [-0.25, -0.2) is 9.07 Å². The summed E-state index contributed by atoms with van der Waals surface area (Å²) < 4.78 is 15.1. The number of piperidine rings is 2. The van der Waals surface area contributed by atoms with Gasteiger partial charge in [0.1, 0.15) is 12.4 Å². The van der Waals surface area contributed by atoms with E-state index in [2.05, 4.69) is 15.3 Å². The number of amides is 1. The van der Waals surface area contributed by atoms with Crippen LogP contribution in [0.1, 0.15) is 32.1 Å². The third-order valence-electron chi connectivity index (χ3n) is 6.10. The maximum atomic E-state index is 14.0. The highest BCUT2D eigenvalue weighted by atomic mass is 19.1. The number of nitrogens with one attached hydrogen (secondary N) is 1. The first-order chi connectivity index (χ1) is 14.1. The van der Waals surface area contributed by atoms with Crippen LogP contribution in [0.3, 0.4) is 0 Å². The minimum atomic E-state index is -0.413. The third-order valence-corrected chi connectivity index (χ3v) is 6.10. The van der Waals surface area contributed by atoms with E-state index in [1.165, 1.54) is 43.9 Å². The van der Waals surface area contributed by atoms with Crippen LogP contribution in [-0.4, -0.2) is 46.3 Å². The van der Waals surface area contributed by atoms with Crippen LogP contribution in [0, 0.1) is 11.7 Å². The normalized spacial score (nSPS) is 22.1. The van der Waals surface area contributed by atoms with Crippen molar-refractivity contribution < 1.29 is 9.18 Å². The predicted molar refractivity (Wildman–Crippen MR) is 109 cm³/mol. The summed E-state index contributed by atoms with van der Waals surface area (Å²) in [4.78, 5) is 27.2. The summed E-state index contributed by atoms with van der Waals surface area (Å²) in [6, 6.07) is 9.62. The molecule has 7 heteroatoms. The summed E-state index contributed by atoms with van der Waals surface area (Å²) in [6.45, 7) is 2.79. The zero-order valence-electron chi connectivity index (χ0n) is 16.5. The Balaban J connectivity index is 1.40. The molecule has 3 heterocycles. The van der Waals surface area contributed by atoms with Gasteiger partial charge in [0, 0.05) is 24.2 Å². The Bertz CT molecular complexity index is 927. The van der Waals surface area contributed by atoms with Crippen LogP contribution >= 0.6 is 0 Å². The Labute approximate surface area is 169 Å². The molecule has 2 fully saturated rings. The molecule has 29 heavy (non-hydrogen) atoms. The zero-order valence-corrected chi connectivity index (χ0v) is 16.5. The van der Waals surface area contributed by atoms with Crippen molar-refractivity contribution in [3.05, 3.63) is 52.6 Å². The van der Waals surface area contributed by atoms with Gasteiger partial charge in [-0.2, -0.15) is 5.10 Å². The van der Waals surface area contributed by atoms with E-state index in [9.17, 15) is 14.0 Å². The first-order valence-electron chi connectivity index (χ1n) is 10.5. The molecule has 2 aliphatic heterocycles. The quantitative estimate of drug-likeness (QED) is 0.840. The second-order valence-electron chi connectivity index (χ2n) is 8.00. The first-order valence-corrected chi connectivity index (χ1v) is 10.5. The fraction of sp³-hybridized carbons (Fsp3) is 0.500. The summed E-state index contributed by atoms with van der Waals surface area (Å²) in [7, 11) is 0. The smallest absolute Gasteiger partial charge is 0.267 e. The van der Waals surface area contributed by atoms with Gasteiger partial charge in [-0.3, -0.25) is 9.59 Å². The van der Waals surface area contributed by atoms with E-state index in [0.717, 1.165) is 24.2 Å². The minimum Gasteiger partial charge on any atom is -0.354 e. The summed E-state index contributed by atoms with van der Waals surface area (Å²) >= 11 is 0. The fourth-order valence-electron chi connectivity index (χ4n) is 4.63. The number of carbonyl (C=O) groups excluding carboxylic acids is 1. The van der Waals surface area contributed by atoms with Crippen molar-refractivity contribution in [2.75, 3.05) is 19.6 Å². The van der Waals surface area contributed by atoms with Crippen LogP contribution in [0.5, 0.6) is 0 Å². The summed E-state index contributed by atoms with van der Waals surface area (Å²) in [5.41, 5.74) is 0.262. The lowest BCUT2D eigenvalue weighted by atomic mass is 9.83. The molecule has 1 aromatic carbocycles. The third kappa shape index (κ3) is 4.56. The number of benzene rings is 1. The minimum absolute atomic E-state index is 0.164. The summed E-state index contributed by atoms with van der Waals surface area (Å²) in [6.07, 6.45) is 6.02. The van der Waals surface area contributed by atoms with Gasteiger partial charge in [0.2, 0.25) is 5.91 Å². The SMILES string of the molecule is O=C(Cn1nc(-c2ccccc2F)ccc1=O)NC[C@@H]1CCCN2CCCC[C@H]12. The van der Waals surface area contributed by atoms with Crippen molar-refractivity contribution in [3.8, 4) is 11.3 Å². The first kappa shape index (κ1) is 19.8. The van der Waals surface area contributed by atoms with Crippen molar-refractivity contribution in [1.82, 2.24) is 20.0 Å². The number of hydrogen-bond donors (Lipinski definition) is 1. The Kier molecular flexibility index (Phi) is 6.04. The van der Waals surface area contributed by atoms with Gasteiger partial charge in [0.05, 0.1) is 5.69 Å². The van der Waals surface area contributed by atoms with Crippen LogP contribution in [-0.2, 0) is 11.3 Å². The molecule has 0 aliphatic carbocycles. The second-order valence-corrected chi connectivity index (χ2v) is 8.00. The summed E-state index contributed by atoms with van der Waals surface area (Å²) in [5, 5.41) is 7.19. The van der Waals surface area contributed by atoms with Crippen LogP contribution in [0.2, 0.25) is 0 Å². The van der Waals surface area contributed by atoms with E-state index in [1.54, 1.807) is 18.2 Å². The van der Waals surface area contributed by atoms with Gasteiger partial charge in [0.25, 0.3) is 5.56 Å². The Morgan fingerprint density at radius 2 is 1.93 bits per heavy atom. The number of aromatic nitrogens is 2. The molecular formula is C22H27FN4O2. The molecule has 2 saturated heterocycles.